The van der Waals surface area contributed by atoms with Crippen molar-refractivity contribution < 1.29 is 14.2 Å². The second kappa shape index (κ2) is 7.00. The van der Waals surface area contributed by atoms with E-state index >= 15 is 0 Å². The number of aliphatic hydroxyl groups is 1. The van der Waals surface area contributed by atoms with Crippen LogP contribution in [0.15, 0.2) is 42.5 Å². The minimum absolute atomic E-state index is 0.0137. The average molecular weight is 326 g/mol. The Morgan fingerprint density at radius 2 is 2.17 bits per heavy atom. The highest BCUT2D eigenvalue weighted by molar-refractivity contribution is 5.35. The largest absolute Gasteiger partial charge is 0.497 e. The van der Waals surface area contributed by atoms with E-state index < -0.39 is 6.10 Å². The lowest BCUT2D eigenvalue weighted by atomic mass is 10.0. The zero-order valence-corrected chi connectivity index (χ0v) is 13.4. The van der Waals surface area contributed by atoms with E-state index in [9.17, 15) is 9.50 Å². The van der Waals surface area contributed by atoms with Gasteiger partial charge in [0.2, 0.25) is 0 Å². The second-order valence-electron chi connectivity index (χ2n) is 6.03. The molecule has 2 atom stereocenters. The van der Waals surface area contributed by atoms with Gasteiger partial charge in [0.05, 0.1) is 24.8 Å². The van der Waals surface area contributed by atoms with E-state index in [1.807, 2.05) is 35.2 Å². The molecular formula is C19H19FN2O2. The molecule has 1 saturated heterocycles. The number of hydrogen-bond acceptors (Lipinski definition) is 4. The van der Waals surface area contributed by atoms with Crippen LogP contribution in [-0.2, 0) is 6.54 Å². The normalized spacial score (nSPS) is 20.8. The van der Waals surface area contributed by atoms with Gasteiger partial charge < -0.3 is 9.84 Å². The summed E-state index contributed by atoms with van der Waals surface area (Å²) in [6.45, 7) is 0.818. The molecule has 5 heteroatoms. The van der Waals surface area contributed by atoms with E-state index in [4.69, 9.17) is 10.00 Å². The smallest absolute Gasteiger partial charge is 0.127 e. The molecule has 0 unspecified atom stereocenters. The van der Waals surface area contributed by atoms with Crippen molar-refractivity contribution in [1.82, 2.24) is 4.90 Å². The summed E-state index contributed by atoms with van der Waals surface area (Å²) in [4.78, 5) is 2.04. The molecule has 0 bridgehead atoms. The van der Waals surface area contributed by atoms with Gasteiger partial charge in [0.15, 0.2) is 0 Å². The Labute approximate surface area is 140 Å². The number of benzene rings is 2. The molecule has 1 aliphatic rings. The van der Waals surface area contributed by atoms with Gasteiger partial charge in [0, 0.05) is 24.7 Å². The number of nitriles is 1. The predicted molar refractivity (Wildman–Crippen MR) is 87.9 cm³/mol. The highest BCUT2D eigenvalue weighted by Crippen LogP contribution is 2.35. The molecule has 0 aliphatic carbocycles. The number of methoxy groups -OCH3 is 1. The van der Waals surface area contributed by atoms with Crippen molar-refractivity contribution in [2.24, 2.45) is 0 Å². The molecule has 2 aromatic rings. The Hall–Kier alpha value is -2.42. The van der Waals surface area contributed by atoms with Crippen LogP contribution in [0.3, 0.4) is 0 Å². The van der Waals surface area contributed by atoms with Crippen LogP contribution in [0.4, 0.5) is 4.39 Å². The number of rotatable bonds is 4. The number of halogens is 1. The van der Waals surface area contributed by atoms with Crippen molar-refractivity contribution in [3.05, 3.63) is 65.0 Å². The number of hydrogen-bond donors (Lipinski definition) is 1. The van der Waals surface area contributed by atoms with Crippen molar-refractivity contribution in [2.45, 2.75) is 25.1 Å². The fourth-order valence-corrected chi connectivity index (χ4v) is 3.23. The molecule has 0 aromatic heterocycles. The number of aliphatic hydroxyl groups excluding tert-OH is 1. The molecule has 0 radical (unpaired) electrons. The van der Waals surface area contributed by atoms with Gasteiger partial charge >= 0.3 is 0 Å². The van der Waals surface area contributed by atoms with Gasteiger partial charge in [-0.1, -0.05) is 12.1 Å². The van der Waals surface area contributed by atoms with Crippen molar-refractivity contribution >= 4 is 0 Å². The number of ether oxygens (including phenoxy) is 1. The molecular weight excluding hydrogens is 307 g/mol. The number of nitrogens with zero attached hydrogens (tertiary/aromatic N) is 2. The molecule has 2 aromatic carbocycles. The summed E-state index contributed by atoms with van der Waals surface area (Å²) in [5.74, 6) is 0.422. The maximum atomic E-state index is 14.1. The lowest BCUT2D eigenvalue weighted by Crippen LogP contribution is -2.25. The Kier molecular flexibility index (Phi) is 4.79. The van der Waals surface area contributed by atoms with Crippen LogP contribution in [0.25, 0.3) is 0 Å². The summed E-state index contributed by atoms with van der Waals surface area (Å²) in [6.07, 6.45) is 0.135. The molecule has 4 nitrogen and oxygen atoms in total. The molecule has 1 N–H and O–H groups in total. The summed E-state index contributed by atoms with van der Waals surface area (Å²) in [7, 11) is 1.61. The Morgan fingerprint density at radius 3 is 2.92 bits per heavy atom. The quantitative estimate of drug-likeness (QED) is 0.938. The molecule has 0 spiro atoms. The summed E-state index contributed by atoms with van der Waals surface area (Å²) >= 11 is 0. The third-order valence-corrected chi connectivity index (χ3v) is 4.41. The van der Waals surface area contributed by atoms with Crippen LogP contribution in [-0.4, -0.2) is 29.8 Å². The van der Waals surface area contributed by atoms with Gasteiger partial charge in [-0.3, -0.25) is 4.90 Å². The first kappa shape index (κ1) is 16.4. The first-order valence-corrected chi connectivity index (χ1v) is 7.85. The van der Waals surface area contributed by atoms with Crippen molar-refractivity contribution in [3.63, 3.8) is 0 Å². The standard InChI is InChI=1S/C19H19FN2O2/c1-24-17-4-2-3-14(8-17)19-9-16(23)12-22(19)11-15-7-13(10-21)5-6-18(15)20/h2-8,16,19,23H,9,11-12H2,1H3/t16-,19-/m0/s1. The van der Waals surface area contributed by atoms with E-state index in [-0.39, 0.29) is 11.9 Å². The van der Waals surface area contributed by atoms with Crippen molar-refractivity contribution in [3.8, 4) is 11.8 Å². The summed E-state index contributed by atoms with van der Waals surface area (Å²) < 4.78 is 19.4. The zero-order valence-electron chi connectivity index (χ0n) is 13.4. The number of β-amino-alcohol motifs (C(OH)–C–C–N with tert-alkyl or cyclic N) is 1. The zero-order chi connectivity index (χ0) is 17.1. The van der Waals surface area contributed by atoms with Gasteiger partial charge in [-0.15, -0.1) is 0 Å². The molecule has 0 saturated carbocycles. The van der Waals surface area contributed by atoms with E-state index in [1.54, 1.807) is 13.2 Å². The van der Waals surface area contributed by atoms with Gasteiger partial charge in [0.25, 0.3) is 0 Å². The van der Waals surface area contributed by atoms with E-state index in [0.717, 1.165) is 11.3 Å². The molecule has 0 amide bonds. The average Bonchev–Trinajstić information content (AvgIpc) is 2.97. The van der Waals surface area contributed by atoms with Gasteiger partial charge in [0.1, 0.15) is 11.6 Å². The van der Waals surface area contributed by atoms with Crippen molar-refractivity contribution in [1.29, 1.82) is 5.26 Å². The van der Waals surface area contributed by atoms with Crippen LogP contribution >= 0.6 is 0 Å². The monoisotopic (exact) mass is 326 g/mol. The fourth-order valence-electron chi connectivity index (χ4n) is 3.23. The lowest BCUT2D eigenvalue weighted by Gasteiger charge is -2.25. The number of likely N-dealkylation sites (tertiary alicyclic amines) is 1. The topological polar surface area (TPSA) is 56.5 Å². The molecule has 124 valence electrons. The maximum absolute atomic E-state index is 14.1. The molecule has 3 rings (SSSR count). The van der Waals surface area contributed by atoms with E-state index in [1.165, 1.54) is 12.1 Å². The Bertz CT molecular complexity index is 772. The third-order valence-electron chi connectivity index (χ3n) is 4.41. The van der Waals surface area contributed by atoms with Crippen LogP contribution in [0.2, 0.25) is 0 Å². The molecule has 1 fully saturated rings. The minimum atomic E-state index is -0.455. The SMILES string of the molecule is COc1cccc([C@@H]2C[C@H](O)CN2Cc2cc(C#N)ccc2F)c1. The first-order valence-electron chi connectivity index (χ1n) is 7.85. The Morgan fingerprint density at radius 1 is 1.33 bits per heavy atom. The first-order chi connectivity index (χ1) is 11.6. The van der Waals surface area contributed by atoms with E-state index in [2.05, 4.69) is 0 Å². The van der Waals surface area contributed by atoms with Crippen LogP contribution < -0.4 is 4.74 Å². The summed E-state index contributed by atoms with van der Waals surface area (Å²) in [5.41, 5.74) is 1.93. The second-order valence-corrected chi connectivity index (χ2v) is 6.03. The highest BCUT2D eigenvalue weighted by atomic mass is 19.1. The molecule has 24 heavy (non-hydrogen) atoms. The summed E-state index contributed by atoms with van der Waals surface area (Å²) in [6, 6.07) is 14.1. The highest BCUT2D eigenvalue weighted by Gasteiger charge is 2.32. The van der Waals surface area contributed by atoms with Crippen LogP contribution in [0, 0.1) is 17.1 Å². The van der Waals surface area contributed by atoms with Gasteiger partial charge in [-0.25, -0.2) is 4.39 Å². The maximum Gasteiger partial charge on any atom is 0.127 e. The summed E-state index contributed by atoms with van der Waals surface area (Å²) in [5, 5.41) is 19.1. The van der Waals surface area contributed by atoms with Gasteiger partial charge in [-0.05, 0) is 42.3 Å². The van der Waals surface area contributed by atoms with Crippen LogP contribution in [0.5, 0.6) is 5.75 Å². The van der Waals surface area contributed by atoms with Crippen LogP contribution in [0.1, 0.15) is 29.2 Å². The Balaban J connectivity index is 1.87. The molecule has 1 heterocycles. The minimum Gasteiger partial charge on any atom is -0.497 e. The van der Waals surface area contributed by atoms with Gasteiger partial charge in [-0.2, -0.15) is 5.26 Å². The van der Waals surface area contributed by atoms with Crippen molar-refractivity contribution in [2.75, 3.05) is 13.7 Å². The fraction of sp³-hybridized carbons (Fsp3) is 0.316. The third kappa shape index (κ3) is 3.40. The molecule has 1 aliphatic heterocycles. The lowest BCUT2D eigenvalue weighted by molar-refractivity contribution is 0.172. The van der Waals surface area contributed by atoms with E-state index in [0.29, 0.717) is 30.6 Å². The predicted octanol–water partition coefficient (Wildman–Crippen LogP) is 3.01.